The van der Waals surface area contributed by atoms with Crippen LogP contribution in [0.15, 0.2) is 40.9 Å². The number of benzene rings is 2. The second kappa shape index (κ2) is 7.27. The van der Waals surface area contributed by atoms with Crippen LogP contribution in [-0.2, 0) is 13.2 Å². The summed E-state index contributed by atoms with van der Waals surface area (Å²) >= 11 is 15.1. The van der Waals surface area contributed by atoms with E-state index in [2.05, 4.69) is 21.2 Å². The smallest absolute Gasteiger partial charge is 0.251 e. The first kappa shape index (κ1) is 16.3. The van der Waals surface area contributed by atoms with Crippen LogP contribution in [0.25, 0.3) is 0 Å². The molecule has 0 spiro atoms. The third kappa shape index (κ3) is 4.45. The first-order valence-electron chi connectivity index (χ1n) is 6.12. The summed E-state index contributed by atoms with van der Waals surface area (Å²) in [7, 11) is 0. The lowest BCUT2D eigenvalue weighted by Crippen LogP contribution is -2.23. The van der Waals surface area contributed by atoms with Gasteiger partial charge >= 0.3 is 0 Å². The van der Waals surface area contributed by atoms with E-state index in [1.807, 2.05) is 0 Å². The van der Waals surface area contributed by atoms with Crippen molar-refractivity contribution in [2.75, 3.05) is 0 Å². The number of halogens is 3. The van der Waals surface area contributed by atoms with E-state index in [4.69, 9.17) is 28.3 Å². The number of hydrogen-bond acceptors (Lipinski definition) is 2. The first-order valence-corrected chi connectivity index (χ1v) is 7.67. The second-order valence-corrected chi connectivity index (χ2v) is 6.17. The fourth-order valence-electron chi connectivity index (χ4n) is 1.81. The number of nitrogens with one attached hydrogen (secondary N) is 1. The van der Waals surface area contributed by atoms with Crippen LogP contribution in [0.1, 0.15) is 21.5 Å². The predicted molar refractivity (Wildman–Crippen MR) is 87.7 cm³/mol. The summed E-state index contributed by atoms with van der Waals surface area (Å²) in [4.78, 5) is 12.1. The van der Waals surface area contributed by atoms with Gasteiger partial charge in [-0.3, -0.25) is 4.79 Å². The van der Waals surface area contributed by atoms with E-state index in [1.54, 1.807) is 36.4 Å². The van der Waals surface area contributed by atoms with Gasteiger partial charge in [-0.25, -0.2) is 0 Å². The van der Waals surface area contributed by atoms with Crippen molar-refractivity contribution in [3.63, 3.8) is 0 Å². The number of aliphatic hydroxyl groups excluding tert-OH is 1. The largest absolute Gasteiger partial charge is 0.392 e. The van der Waals surface area contributed by atoms with Gasteiger partial charge < -0.3 is 10.4 Å². The molecule has 0 atom stereocenters. The summed E-state index contributed by atoms with van der Waals surface area (Å²) in [5.41, 5.74) is 2.01. The third-order valence-corrected chi connectivity index (χ3v) is 4.04. The van der Waals surface area contributed by atoms with Crippen molar-refractivity contribution in [1.82, 2.24) is 5.32 Å². The van der Waals surface area contributed by atoms with Gasteiger partial charge in [0, 0.05) is 16.6 Å². The Morgan fingerprint density at radius 3 is 2.52 bits per heavy atom. The predicted octanol–water partition coefficient (Wildman–Crippen LogP) is 4.18. The lowest BCUT2D eigenvalue weighted by molar-refractivity contribution is 0.0950. The van der Waals surface area contributed by atoms with Crippen LogP contribution in [0.3, 0.4) is 0 Å². The fraction of sp³-hybridized carbons (Fsp3) is 0.133. The molecule has 21 heavy (non-hydrogen) atoms. The molecule has 0 fully saturated rings. The summed E-state index contributed by atoms with van der Waals surface area (Å²) in [6.07, 6.45) is 0. The Morgan fingerprint density at radius 2 is 1.86 bits per heavy atom. The molecule has 0 aromatic heterocycles. The zero-order chi connectivity index (χ0) is 15.4. The Morgan fingerprint density at radius 1 is 1.10 bits per heavy atom. The third-order valence-electron chi connectivity index (χ3n) is 2.84. The molecular formula is C15H12BrCl2NO2. The lowest BCUT2D eigenvalue weighted by atomic mass is 10.1. The average molecular weight is 389 g/mol. The molecule has 2 N–H and O–H groups in total. The minimum atomic E-state index is -0.225. The highest BCUT2D eigenvalue weighted by Gasteiger charge is 2.08. The van der Waals surface area contributed by atoms with Gasteiger partial charge in [-0.1, -0.05) is 45.2 Å². The molecule has 0 radical (unpaired) electrons. The summed E-state index contributed by atoms with van der Waals surface area (Å²) in [5, 5.41) is 12.9. The van der Waals surface area contributed by atoms with Crippen molar-refractivity contribution in [2.45, 2.75) is 13.2 Å². The Kier molecular flexibility index (Phi) is 5.65. The molecule has 1 amide bonds. The van der Waals surface area contributed by atoms with Crippen LogP contribution in [0.5, 0.6) is 0 Å². The molecule has 0 bridgehead atoms. The highest BCUT2D eigenvalue weighted by Crippen LogP contribution is 2.22. The second-order valence-electron chi connectivity index (χ2n) is 4.44. The molecule has 0 heterocycles. The van der Waals surface area contributed by atoms with Gasteiger partial charge in [-0.05, 0) is 41.5 Å². The average Bonchev–Trinajstić information content (AvgIpc) is 2.47. The minimum Gasteiger partial charge on any atom is -0.392 e. The highest BCUT2D eigenvalue weighted by atomic mass is 79.9. The first-order chi connectivity index (χ1) is 9.99. The standard InChI is InChI=1S/C15H12BrCl2NO2/c16-12-4-10(8-20)3-11(6-12)15(21)19-7-9-1-2-13(17)14(18)5-9/h1-6,20H,7-8H2,(H,19,21). The summed E-state index contributed by atoms with van der Waals surface area (Å²) in [6.45, 7) is 0.225. The molecule has 0 aliphatic rings. The summed E-state index contributed by atoms with van der Waals surface area (Å²) in [6, 6.07) is 10.3. The van der Waals surface area contributed by atoms with E-state index in [0.29, 0.717) is 27.7 Å². The number of carbonyl (C=O) groups excluding carboxylic acids is 1. The molecular weight excluding hydrogens is 377 g/mol. The van der Waals surface area contributed by atoms with Crippen molar-refractivity contribution < 1.29 is 9.90 Å². The number of carbonyl (C=O) groups is 1. The maximum Gasteiger partial charge on any atom is 0.251 e. The molecule has 6 heteroatoms. The Bertz CT molecular complexity index is 677. The van der Waals surface area contributed by atoms with Crippen LogP contribution in [0.2, 0.25) is 10.0 Å². The highest BCUT2D eigenvalue weighted by molar-refractivity contribution is 9.10. The molecule has 0 saturated heterocycles. The normalized spacial score (nSPS) is 10.5. The zero-order valence-electron chi connectivity index (χ0n) is 10.9. The molecule has 2 aromatic carbocycles. The zero-order valence-corrected chi connectivity index (χ0v) is 14.0. The molecule has 3 nitrogen and oxygen atoms in total. The summed E-state index contributed by atoms with van der Waals surface area (Å²) in [5.74, 6) is -0.225. The van der Waals surface area contributed by atoms with Crippen molar-refractivity contribution in [1.29, 1.82) is 0 Å². The van der Waals surface area contributed by atoms with Gasteiger partial charge in [0.15, 0.2) is 0 Å². The van der Waals surface area contributed by atoms with Crippen LogP contribution in [-0.4, -0.2) is 11.0 Å². The Balaban J connectivity index is 2.07. The molecule has 2 rings (SSSR count). The maximum atomic E-state index is 12.1. The van der Waals surface area contributed by atoms with Crippen molar-refractivity contribution in [2.24, 2.45) is 0 Å². The quantitative estimate of drug-likeness (QED) is 0.825. The summed E-state index contributed by atoms with van der Waals surface area (Å²) < 4.78 is 0.744. The van der Waals surface area contributed by atoms with Crippen molar-refractivity contribution in [3.8, 4) is 0 Å². The maximum absolute atomic E-state index is 12.1. The monoisotopic (exact) mass is 387 g/mol. The number of rotatable bonds is 4. The van der Waals surface area contributed by atoms with Gasteiger partial charge in [-0.2, -0.15) is 0 Å². The van der Waals surface area contributed by atoms with Crippen LogP contribution < -0.4 is 5.32 Å². The topological polar surface area (TPSA) is 49.3 Å². The number of hydrogen-bond donors (Lipinski definition) is 2. The molecule has 110 valence electrons. The van der Waals surface area contributed by atoms with Gasteiger partial charge in [0.1, 0.15) is 0 Å². The van der Waals surface area contributed by atoms with Gasteiger partial charge in [0.05, 0.1) is 16.7 Å². The number of aliphatic hydroxyl groups is 1. The lowest BCUT2D eigenvalue weighted by Gasteiger charge is -2.08. The molecule has 0 saturated carbocycles. The van der Waals surface area contributed by atoms with Gasteiger partial charge in [0.25, 0.3) is 5.91 Å². The van der Waals surface area contributed by atoms with Crippen LogP contribution >= 0.6 is 39.1 Å². The molecule has 2 aromatic rings. The van der Waals surface area contributed by atoms with Gasteiger partial charge in [0.2, 0.25) is 0 Å². The molecule has 0 unspecified atom stereocenters. The van der Waals surface area contributed by atoms with Gasteiger partial charge in [-0.15, -0.1) is 0 Å². The van der Waals surface area contributed by atoms with Crippen molar-refractivity contribution in [3.05, 3.63) is 67.6 Å². The van der Waals surface area contributed by atoms with Crippen molar-refractivity contribution >= 4 is 45.0 Å². The Labute approximate surface area is 141 Å². The SMILES string of the molecule is O=C(NCc1ccc(Cl)c(Cl)c1)c1cc(Br)cc(CO)c1. The van der Waals surface area contributed by atoms with Crippen LogP contribution in [0.4, 0.5) is 0 Å². The van der Waals surface area contributed by atoms with E-state index in [-0.39, 0.29) is 12.5 Å². The van der Waals surface area contributed by atoms with E-state index in [0.717, 1.165) is 10.0 Å². The fourth-order valence-corrected chi connectivity index (χ4v) is 2.67. The van der Waals surface area contributed by atoms with E-state index in [1.165, 1.54) is 0 Å². The van der Waals surface area contributed by atoms with E-state index < -0.39 is 0 Å². The molecule has 0 aliphatic carbocycles. The number of amides is 1. The van der Waals surface area contributed by atoms with Crippen LogP contribution in [0, 0.1) is 0 Å². The molecule has 0 aliphatic heterocycles. The van der Waals surface area contributed by atoms with E-state index in [9.17, 15) is 4.79 Å². The minimum absolute atomic E-state index is 0.119. The Hall–Kier alpha value is -1.07. The van der Waals surface area contributed by atoms with E-state index >= 15 is 0 Å².